The van der Waals surface area contributed by atoms with Gasteiger partial charge < -0.3 is 9.64 Å². The quantitative estimate of drug-likeness (QED) is 0.772. The minimum atomic E-state index is -3.68. The first kappa shape index (κ1) is 20.4. The summed E-state index contributed by atoms with van der Waals surface area (Å²) in [5, 5.41) is 0. The first-order valence-corrected chi connectivity index (χ1v) is 10.9. The van der Waals surface area contributed by atoms with Gasteiger partial charge in [0.05, 0.1) is 10.9 Å². The zero-order chi connectivity index (χ0) is 20.3. The molecule has 1 N–H and O–H groups in total. The number of carbonyl (C=O) groups is 1. The van der Waals surface area contributed by atoms with Gasteiger partial charge in [0.2, 0.25) is 15.9 Å². The average Bonchev–Trinajstić information content (AvgIpc) is 3.06. The van der Waals surface area contributed by atoms with E-state index in [0.717, 1.165) is 29.0 Å². The lowest BCUT2D eigenvalue weighted by atomic mass is 10.2. The summed E-state index contributed by atoms with van der Waals surface area (Å²) in [5.74, 6) is 0.822. The van der Waals surface area contributed by atoms with Crippen molar-refractivity contribution in [2.24, 2.45) is 0 Å². The molecule has 1 atom stereocenters. The summed E-state index contributed by atoms with van der Waals surface area (Å²) in [5.41, 5.74) is 2.54. The third-order valence-corrected chi connectivity index (χ3v) is 6.37. The van der Waals surface area contributed by atoms with Crippen LogP contribution in [0, 0.1) is 13.8 Å². The standard InChI is InChI=1S/C21H26N2O4S/c1-15-7-4-5-8-20(15)27-14-17(3)22-28(25,26)18-10-11-19(16(2)13-18)23-12-6-9-21(23)24/h4-5,7-8,10-11,13,17,22H,6,9,12,14H2,1-3H3/t17-/m0/s1. The van der Waals surface area contributed by atoms with Crippen molar-refractivity contribution in [1.29, 1.82) is 0 Å². The predicted molar refractivity (Wildman–Crippen MR) is 109 cm³/mol. The number of nitrogens with zero attached hydrogens (tertiary/aromatic N) is 1. The lowest BCUT2D eigenvalue weighted by Gasteiger charge is -2.20. The molecule has 0 bridgehead atoms. The maximum atomic E-state index is 12.7. The molecule has 0 aromatic heterocycles. The number of rotatable bonds is 7. The fraction of sp³-hybridized carbons (Fsp3) is 0.381. The Bertz CT molecular complexity index is 972. The van der Waals surface area contributed by atoms with Gasteiger partial charge in [0.1, 0.15) is 12.4 Å². The van der Waals surface area contributed by atoms with Crippen LogP contribution in [0.25, 0.3) is 0 Å². The summed E-state index contributed by atoms with van der Waals surface area (Å²) in [6.07, 6.45) is 1.37. The van der Waals surface area contributed by atoms with E-state index in [2.05, 4.69) is 4.72 Å². The van der Waals surface area contributed by atoms with Gasteiger partial charge in [0, 0.05) is 18.7 Å². The molecule has 28 heavy (non-hydrogen) atoms. The van der Waals surface area contributed by atoms with Crippen molar-refractivity contribution in [2.45, 2.75) is 44.6 Å². The number of ether oxygens (including phenoxy) is 1. The summed E-state index contributed by atoms with van der Waals surface area (Å²) in [7, 11) is -3.68. The van der Waals surface area contributed by atoms with Crippen LogP contribution in [-0.4, -0.2) is 33.5 Å². The van der Waals surface area contributed by atoms with Crippen LogP contribution in [0.3, 0.4) is 0 Å². The molecule has 2 aromatic rings. The molecule has 1 fully saturated rings. The zero-order valence-electron chi connectivity index (χ0n) is 16.4. The lowest BCUT2D eigenvalue weighted by Crippen LogP contribution is -2.36. The van der Waals surface area contributed by atoms with Crippen molar-refractivity contribution in [3.63, 3.8) is 0 Å². The van der Waals surface area contributed by atoms with E-state index in [1.54, 1.807) is 30.0 Å². The number of aryl methyl sites for hydroxylation is 2. The number of benzene rings is 2. The molecule has 0 aliphatic carbocycles. The minimum Gasteiger partial charge on any atom is -0.492 e. The average molecular weight is 403 g/mol. The summed E-state index contributed by atoms with van der Waals surface area (Å²) >= 11 is 0. The van der Waals surface area contributed by atoms with Gasteiger partial charge in [-0.2, -0.15) is 0 Å². The number of para-hydroxylation sites is 1. The van der Waals surface area contributed by atoms with Crippen molar-refractivity contribution < 1.29 is 17.9 Å². The molecule has 1 aliphatic rings. The first-order chi connectivity index (χ1) is 13.3. The van der Waals surface area contributed by atoms with Gasteiger partial charge in [-0.25, -0.2) is 13.1 Å². The van der Waals surface area contributed by atoms with Crippen molar-refractivity contribution >= 4 is 21.6 Å². The van der Waals surface area contributed by atoms with Crippen molar-refractivity contribution in [1.82, 2.24) is 4.72 Å². The highest BCUT2D eigenvalue weighted by molar-refractivity contribution is 7.89. The number of amides is 1. The van der Waals surface area contributed by atoms with E-state index in [0.29, 0.717) is 13.0 Å². The second-order valence-electron chi connectivity index (χ2n) is 7.20. The zero-order valence-corrected chi connectivity index (χ0v) is 17.3. The third-order valence-electron chi connectivity index (χ3n) is 4.78. The largest absolute Gasteiger partial charge is 0.492 e. The second-order valence-corrected chi connectivity index (χ2v) is 8.91. The monoisotopic (exact) mass is 402 g/mol. The van der Waals surface area contributed by atoms with Crippen molar-refractivity contribution in [3.05, 3.63) is 53.6 Å². The molecular weight excluding hydrogens is 376 g/mol. The van der Waals surface area contributed by atoms with Gasteiger partial charge in [0.15, 0.2) is 0 Å². The van der Waals surface area contributed by atoms with Crippen LogP contribution in [0.15, 0.2) is 47.4 Å². The Kier molecular flexibility index (Phi) is 6.05. The molecule has 7 heteroatoms. The van der Waals surface area contributed by atoms with E-state index >= 15 is 0 Å². The highest BCUT2D eigenvalue weighted by atomic mass is 32.2. The predicted octanol–water partition coefficient (Wildman–Crippen LogP) is 3.18. The summed E-state index contributed by atoms with van der Waals surface area (Å²) in [4.78, 5) is 13.9. The Morgan fingerprint density at radius 2 is 1.89 bits per heavy atom. The molecule has 1 amide bonds. The first-order valence-electron chi connectivity index (χ1n) is 9.40. The van der Waals surface area contributed by atoms with Gasteiger partial charge >= 0.3 is 0 Å². The highest BCUT2D eigenvalue weighted by Crippen LogP contribution is 2.27. The summed E-state index contributed by atoms with van der Waals surface area (Å²) < 4.78 is 33.8. The molecule has 0 unspecified atom stereocenters. The van der Waals surface area contributed by atoms with E-state index < -0.39 is 16.1 Å². The van der Waals surface area contributed by atoms with Gasteiger partial charge in [-0.05, 0) is 62.6 Å². The molecular formula is C21H26N2O4S. The van der Waals surface area contributed by atoms with Crippen LogP contribution < -0.4 is 14.4 Å². The summed E-state index contributed by atoms with van der Waals surface area (Å²) in [6.45, 7) is 6.44. The van der Waals surface area contributed by atoms with E-state index in [-0.39, 0.29) is 17.4 Å². The molecule has 0 radical (unpaired) electrons. The maximum Gasteiger partial charge on any atom is 0.240 e. The number of carbonyl (C=O) groups excluding carboxylic acids is 1. The number of hydrogen-bond acceptors (Lipinski definition) is 4. The van der Waals surface area contributed by atoms with Crippen molar-refractivity contribution in [3.8, 4) is 5.75 Å². The second kappa shape index (κ2) is 8.32. The Labute approximate surface area is 166 Å². The fourth-order valence-electron chi connectivity index (χ4n) is 3.30. The molecule has 150 valence electrons. The van der Waals surface area contributed by atoms with Crippen LogP contribution in [0.1, 0.15) is 30.9 Å². The molecule has 2 aromatic carbocycles. The minimum absolute atomic E-state index is 0.0822. The fourth-order valence-corrected chi connectivity index (χ4v) is 4.61. The number of nitrogens with one attached hydrogen (secondary N) is 1. The number of anilines is 1. The lowest BCUT2D eigenvalue weighted by molar-refractivity contribution is -0.117. The highest BCUT2D eigenvalue weighted by Gasteiger charge is 2.25. The van der Waals surface area contributed by atoms with Crippen LogP contribution in [0.5, 0.6) is 5.75 Å². The van der Waals surface area contributed by atoms with E-state index in [1.807, 2.05) is 38.1 Å². The van der Waals surface area contributed by atoms with E-state index in [1.165, 1.54) is 0 Å². The van der Waals surface area contributed by atoms with Crippen LogP contribution in [-0.2, 0) is 14.8 Å². The van der Waals surface area contributed by atoms with Gasteiger partial charge in [-0.3, -0.25) is 4.79 Å². The van der Waals surface area contributed by atoms with E-state index in [9.17, 15) is 13.2 Å². The van der Waals surface area contributed by atoms with Crippen LogP contribution >= 0.6 is 0 Å². The molecule has 0 saturated carbocycles. The third kappa shape index (κ3) is 4.54. The van der Waals surface area contributed by atoms with Crippen molar-refractivity contribution in [2.75, 3.05) is 18.1 Å². The SMILES string of the molecule is Cc1ccccc1OC[C@H](C)NS(=O)(=O)c1ccc(N2CCCC2=O)c(C)c1. The Morgan fingerprint density at radius 3 is 2.54 bits per heavy atom. The molecule has 6 nitrogen and oxygen atoms in total. The van der Waals surface area contributed by atoms with Crippen LogP contribution in [0.4, 0.5) is 5.69 Å². The molecule has 1 saturated heterocycles. The van der Waals surface area contributed by atoms with E-state index in [4.69, 9.17) is 4.74 Å². The smallest absolute Gasteiger partial charge is 0.240 e. The molecule has 3 rings (SSSR count). The van der Waals surface area contributed by atoms with Gasteiger partial charge in [-0.15, -0.1) is 0 Å². The Hall–Kier alpha value is -2.38. The molecule has 1 aliphatic heterocycles. The number of sulfonamides is 1. The maximum absolute atomic E-state index is 12.7. The van der Waals surface area contributed by atoms with Crippen LogP contribution in [0.2, 0.25) is 0 Å². The summed E-state index contributed by atoms with van der Waals surface area (Å²) in [6, 6.07) is 12.1. The van der Waals surface area contributed by atoms with Gasteiger partial charge in [-0.1, -0.05) is 18.2 Å². The van der Waals surface area contributed by atoms with Gasteiger partial charge in [0.25, 0.3) is 0 Å². The number of hydrogen-bond donors (Lipinski definition) is 1. The topological polar surface area (TPSA) is 75.7 Å². The molecule has 1 heterocycles. The molecule has 0 spiro atoms. The Morgan fingerprint density at radius 1 is 1.14 bits per heavy atom. The Balaban J connectivity index is 1.67. The normalized spacial score (nSPS) is 15.7.